The van der Waals surface area contributed by atoms with Gasteiger partial charge in [-0.2, -0.15) is 0 Å². The Balaban J connectivity index is 2.37. The van der Waals surface area contributed by atoms with Crippen molar-refractivity contribution in [3.63, 3.8) is 0 Å². The van der Waals surface area contributed by atoms with Gasteiger partial charge in [0, 0.05) is 5.25 Å². The summed E-state index contributed by atoms with van der Waals surface area (Å²) in [6.45, 7) is 4.48. The fourth-order valence-corrected chi connectivity index (χ4v) is 5.28. The average molecular weight is 357 g/mol. The van der Waals surface area contributed by atoms with Gasteiger partial charge < -0.3 is 5.11 Å². The number of thioether (sulfide) groups is 1. The lowest BCUT2D eigenvalue weighted by molar-refractivity contribution is 0.0694. The van der Waals surface area contributed by atoms with Crippen molar-refractivity contribution in [2.24, 2.45) is 0 Å². The number of carboxylic acid groups (broad SMARTS) is 1. The summed E-state index contributed by atoms with van der Waals surface area (Å²) in [5.41, 5.74) is 0.487. The molecule has 0 aliphatic heterocycles. The van der Waals surface area contributed by atoms with Gasteiger partial charge in [-0.1, -0.05) is 71.6 Å². The van der Waals surface area contributed by atoms with E-state index in [9.17, 15) is 9.90 Å². The van der Waals surface area contributed by atoms with Crippen LogP contribution in [0.3, 0.4) is 0 Å². The van der Waals surface area contributed by atoms with Crippen LogP contribution in [0.1, 0.15) is 94.8 Å². The van der Waals surface area contributed by atoms with Crippen molar-refractivity contribution < 1.29 is 9.90 Å². The highest BCUT2D eigenvalue weighted by atomic mass is 32.2. The molecule has 0 saturated heterocycles. The molecule has 0 spiro atoms. The third-order valence-electron chi connectivity index (χ3n) is 4.14. The molecule has 1 aromatic heterocycles. The fourth-order valence-electron chi connectivity index (χ4n) is 2.72. The minimum Gasteiger partial charge on any atom is -0.478 e. The molecule has 1 heterocycles. The molecule has 1 aromatic rings. The van der Waals surface area contributed by atoms with Gasteiger partial charge in [0.1, 0.15) is 0 Å². The molecule has 0 saturated carbocycles. The number of carbonyl (C=O) groups is 1. The Labute approximate surface area is 150 Å². The monoisotopic (exact) mass is 356 g/mol. The molecule has 0 amide bonds. The molecule has 0 radical (unpaired) electrons. The van der Waals surface area contributed by atoms with Crippen LogP contribution in [0.4, 0.5) is 0 Å². The third-order valence-corrected chi connectivity index (χ3v) is 6.67. The summed E-state index contributed by atoms with van der Waals surface area (Å²) in [6.07, 6.45) is 14.2. The average Bonchev–Trinajstić information content (AvgIpc) is 2.99. The van der Waals surface area contributed by atoms with Gasteiger partial charge in [-0.05, 0) is 24.3 Å². The molecule has 1 N–H and O–H groups in total. The molecule has 1 unspecified atom stereocenters. The van der Waals surface area contributed by atoms with Gasteiger partial charge in [-0.3, -0.25) is 0 Å². The Bertz CT molecular complexity index is 429. The first kappa shape index (κ1) is 20.6. The Morgan fingerprint density at radius 3 is 2.30 bits per heavy atom. The zero-order valence-electron chi connectivity index (χ0n) is 14.7. The first-order chi connectivity index (χ1) is 11.2. The number of thiophene rings is 1. The predicted molar refractivity (Wildman–Crippen MR) is 103 cm³/mol. The van der Waals surface area contributed by atoms with Gasteiger partial charge in [0.25, 0.3) is 0 Å². The summed E-state index contributed by atoms with van der Waals surface area (Å²) in [5, 5.41) is 11.7. The highest BCUT2D eigenvalue weighted by molar-refractivity contribution is 8.01. The van der Waals surface area contributed by atoms with Crippen LogP contribution in [0, 0.1) is 0 Å². The summed E-state index contributed by atoms with van der Waals surface area (Å²) >= 11 is 3.37. The second-order valence-electron chi connectivity index (χ2n) is 6.22. The second kappa shape index (κ2) is 12.9. The summed E-state index contributed by atoms with van der Waals surface area (Å²) in [6, 6.07) is 1.74. The molecule has 1 rings (SSSR count). The van der Waals surface area contributed by atoms with E-state index in [2.05, 4.69) is 13.8 Å². The standard InChI is InChI=1S/C19H32O2S2/c1-3-5-7-8-9-10-11-13-16(12-6-4-2)23-19-17(18(20)21)14-15-22-19/h14-16H,3-13H2,1-2H3,(H,20,21). The first-order valence-corrected chi connectivity index (χ1v) is 10.9. The van der Waals surface area contributed by atoms with Crippen molar-refractivity contribution in [2.75, 3.05) is 0 Å². The van der Waals surface area contributed by atoms with Crippen molar-refractivity contribution in [3.8, 4) is 0 Å². The molecule has 0 fully saturated rings. The normalized spacial score (nSPS) is 12.4. The summed E-state index contributed by atoms with van der Waals surface area (Å²) < 4.78 is 0.988. The van der Waals surface area contributed by atoms with E-state index in [0.717, 1.165) is 4.21 Å². The highest BCUT2D eigenvalue weighted by Gasteiger charge is 2.17. The van der Waals surface area contributed by atoms with E-state index in [0.29, 0.717) is 10.8 Å². The second-order valence-corrected chi connectivity index (χ2v) is 8.70. The van der Waals surface area contributed by atoms with Crippen LogP contribution < -0.4 is 0 Å². The maximum atomic E-state index is 11.3. The summed E-state index contributed by atoms with van der Waals surface area (Å²) in [4.78, 5) is 11.3. The number of unbranched alkanes of at least 4 members (excludes halogenated alkanes) is 7. The molecule has 0 aromatic carbocycles. The van der Waals surface area contributed by atoms with E-state index in [4.69, 9.17) is 0 Å². The van der Waals surface area contributed by atoms with Crippen molar-refractivity contribution in [2.45, 2.75) is 93.9 Å². The summed E-state index contributed by atoms with van der Waals surface area (Å²) in [5.74, 6) is -0.793. The molecule has 0 aliphatic carbocycles. The number of carboxylic acids is 1. The molecule has 0 bridgehead atoms. The van der Waals surface area contributed by atoms with Crippen molar-refractivity contribution >= 4 is 29.1 Å². The van der Waals surface area contributed by atoms with Crippen LogP contribution in [-0.2, 0) is 0 Å². The minimum absolute atomic E-state index is 0.487. The lowest BCUT2D eigenvalue weighted by atomic mass is 10.1. The lowest BCUT2D eigenvalue weighted by Crippen LogP contribution is -2.04. The molecule has 23 heavy (non-hydrogen) atoms. The number of aromatic carboxylic acids is 1. The van der Waals surface area contributed by atoms with Crippen LogP contribution in [0.2, 0.25) is 0 Å². The topological polar surface area (TPSA) is 37.3 Å². The Morgan fingerprint density at radius 2 is 1.65 bits per heavy atom. The van der Waals surface area contributed by atoms with Crippen LogP contribution >= 0.6 is 23.1 Å². The van der Waals surface area contributed by atoms with Gasteiger partial charge in [0.05, 0.1) is 9.77 Å². The highest BCUT2D eigenvalue weighted by Crippen LogP contribution is 2.36. The van der Waals surface area contributed by atoms with Crippen molar-refractivity contribution in [1.29, 1.82) is 0 Å². The van der Waals surface area contributed by atoms with Gasteiger partial charge >= 0.3 is 5.97 Å². The maximum absolute atomic E-state index is 11.3. The SMILES string of the molecule is CCCCCCCCCC(CCCC)Sc1sccc1C(=O)O. The maximum Gasteiger partial charge on any atom is 0.337 e. The van der Waals surface area contributed by atoms with E-state index >= 15 is 0 Å². The van der Waals surface area contributed by atoms with Crippen LogP contribution in [0.5, 0.6) is 0 Å². The number of rotatable bonds is 14. The number of hydrogen-bond donors (Lipinski definition) is 1. The zero-order chi connectivity index (χ0) is 16.9. The van der Waals surface area contributed by atoms with E-state index < -0.39 is 5.97 Å². The zero-order valence-corrected chi connectivity index (χ0v) is 16.3. The minimum atomic E-state index is -0.793. The quantitative estimate of drug-likeness (QED) is 0.282. The van der Waals surface area contributed by atoms with Crippen LogP contribution in [-0.4, -0.2) is 16.3 Å². The van der Waals surface area contributed by atoms with Gasteiger partial charge in [0.2, 0.25) is 0 Å². The Hall–Kier alpha value is -0.480. The molecule has 2 nitrogen and oxygen atoms in total. The van der Waals surface area contributed by atoms with Gasteiger partial charge in [-0.25, -0.2) is 4.79 Å². The third kappa shape index (κ3) is 8.80. The lowest BCUT2D eigenvalue weighted by Gasteiger charge is -2.16. The Kier molecular flexibility index (Phi) is 11.5. The predicted octanol–water partition coefficient (Wildman–Crippen LogP) is 7.24. The first-order valence-electron chi connectivity index (χ1n) is 9.16. The number of hydrogen-bond acceptors (Lipinski definition) is 3. The van der Waals surface area contributed by atoms with Gasteiger partial charge in [0.15, 0.2) is 0 Å². The van der Waals surface area contributed by atoms with E-state index in [1.807, 2.05) is 5.38 Å². The van der Waals surface area contributed by atoms with Crippen molar-refractivity contribution in [3.05, 3.63) is 17.0 Å². The van der Waals surface area contributed by atoms with E-state index in [1.54, 1.807) is 29.2 Å². The molecule has 132 valence electrons. The van der Waals surface area contributed by atoms with E-state index in [-0.39, 0.29) is 0 Å². The summed E-state index contributed by atoms with van der Waals surface area (Å²) in [7, 11) is 0. The fraction of sp³-hybridized carbons (Fsp3) is 0.737. The molecular weight excluding hydrogens is 324 g/mol. The van der Waals surface area contributed by atoms with Crippen LogP contribution in [0.25, 0.3) is 0 Å². The Morgan fingerprint density at radius 1 is 1.04 bits per heavy atom. The van der Waals surface area contributed by atoms with Crippen molar-refractivity contribution in [1.82, 2.24) is 0 Å². The molecule has 0 aliphatic rings. The smallest absolute Gasteiger partial charge is 0.337 e. The molecule has 4 heteroatoms. The van der Waals surface area contributed by atoms with E-state index in [1.165, 1.54) is 70.6 Å². The molecule has 1 atom stereocenters. The van der Waals surface area contributed by atoms with Gasteiger partial charge in [-0.15, -0.1) is 23.1 Å². The largest absolute Gasteiger partial charge is 0.478 e. The molecular formula is C19H32O2S2. The van der Waals surface area contributed by atoms with Crippen LogP contribution in [0.15, 0.2) is 15.7 Å².